The van der Waals surface area contributed by atoms with Crippen LogP contribution in [0.2, 0.25) is 0 Å². The van der Waals surface area contributed by atoms with Crippen molar-refractivity contribution in [3.05, 3.63) is 35.9 Å². The lowest BCUT2D eigenvalue weighted by atomic mass is 9.71. The third-order valence-corrected chi connectivity index (χ3v) is 4.25. The van der Waals surface area contributed by atoms with Gasteiger partial charge < -0.3 is 10.6 Å². The largest absolute Gasteiger partial charge is 0.382 e. The molecule has 100 valence electrons. The van der Waals surface area contributed by atoms with E-state index in [1.54, 1.807) is 0 Å². The summed E-state index contributed by atoms with van der Waals surface area (Å²) < 4.78 is 0. The van der Waals surface area contributed by atoms with Gasteiger partial charge in [-0.05, 0) is 49.4 Å². The molecule has 3 unspecified atom stereocenters. The summed E-state index contributed by atoms with van der Waals surface area (Å²) in [6, 6.07) is 6.70. The van der Waals surface area contributed by atoms with E-state index in [-0.39, 0.29) is 5.91 Å². The van der Waals surface area contributed by atoms with E-state index in [2.05, 4.69) is 28.9 Å². The van der Waals surface area contributed by atoms with Gasteiger partial charge in [0.25, 0.3) is 0 Å². The Hall–Kier alpha value is -1.77. The van der Waals surface area contributed by atoms with Gasteiger partial charge in [-0.3, -0.25) is 4.79 Å². The first-order chi connectivity index (χ1) is 9.13. The van der Waals surface area contributed by atoms with Crippen LogP contribution in [0.15, 0.2) is 30.4 Å². The predicted molar refractivity (Wildman–Crippen MR) is 78.2 cm³/mol. The summed E-state index contributed by atoms with van der Waals surface area (Å²) in [5.41, 5.74) is 3.14. The van der Waals surface area contributed by atoms with Gasteiger partial charge in [-0.2, -0.15) is 0 Å². The molecule has 0 bridgehead atoms. The molecule has 0 aromatic heterocycles. The molecule has 2 aliphatic rings. The third-order valence-electron chi connectivity index (χ3n) is 4.25. The van der Waals surface area contributed by atoms with Crippen LogP contribution in [0.4, 0.5) is 11.4 Å². The molecule has 1 aromatic carbocycles. The van der Waals surface area contributed by atoms with E-state index >= 15 is 0 Å². The van der Waals surface area contributed by atoms with E-state index in [1.807, 2.05) is 19.1 Å². The predicted octanol–water partition coefficient (Wildman–Crippen LogP) is 3.33. The molecular formula is C16H20N2O. The maximum Gasteiger partial charge on any atom is 0.221 e. The van der Waals surface area contributed by atoms with Crippen LogP contribution < -0.4 is 10.6 Å². The van der Waals surface area contributed by atoms with E-state index in [4.69, 9.17) is 0 Å². The number of allylic oxidation sites excluding steroid dienone is 1. The highest BCUT2D eigenvalue weighted by molar-refractivity contribution is 5.89. The van der Waals surface area contributed by atoms with Crippen molar-refractivity contribution in [1.82, 2.24) is 0 Å². The number of carbonyl (C=O) groups excluding carboxylic acids is 1. The Morgan fingerprint density at radius 1 is 1.37 bits per heavy atom. The quantitative estimate of drug-likeness (QED) is 0.814. The lowest BCUT2D eigenvalue weighted by molar-refractivity contribution is -0.114. The number of anilines is 2. The van der Waals surface area contributed by atoms with Crippen molar-refractivity contribution in [3.63, 3.8) is 0 Å². The SMILES string of the molecule is CC(=O)Nc1ccc(NC2CC3CC=CC32)cc1C. The number of aryl methyl sites for hydroxylation is 1. The molecule has 1 fully saturated rings. The van der Waals surface area contributed by atoms with Gasteiger partial charge in [0.15, 0.2) is 0 Å². The minimum Gasteiger partial charge on any atom is -0.382 e. The van der Waals surface area contributed by atoms with E-state index < -0.39 is 0 Å². The minimum absolute atomic E-state index is 0.0262. The molecule has 1 amide bonds. The second kappa shape index (κ2) is 4.72. The zero-order valence-corrected chi connectivity index (χ0v) is 11.4. The average molecular weight is 256 g/mol. The molecule has 1 saturated carbocycles. The first-order valence-corrected chi connectivity index (χ1v) is 6.95. The van der Waals surface area contributed by atoms with E-state index in [0.29, 0.717) is 6.04 Å². The molecule has 0 spiro atoms. The van der Waals surface area contributed by atoms with Crippen LogP contribution in [-0.4, -0.2) is 11.9 Å². The molecule has 19 heavy (non-hydrogen) atoms. The Balaban J connectivity index is 1.67. The molecule has 0 aliphatic heterocycles. The zero-order chi connectivity index (χ0) is 13.4. The fraction of sp³-hybridized carbons (Fsp3) is 0.438. The van der Waals surface area contributed by atoms with Crippen molar-refractivity contribution in [1.29, 1.82) is 0 Å². The maximum absolute atomic E-state index is 11.1. The lowest BCUT2D eigenvalue weighted by Gasteiger charge is -2.41. The number of benzene rings is 1. The summed E-state index contributed by atoms with van der Waals surface area (Å²) in [6.45, 7) is 3.56. The third kappa shape index (κ3) is 2.37. The number of amides is 1. The van der Waals surface area contributed by atoms with E-state index in [1.165, 1.54) is 19.8 Å². The van der Waals surface area contributed by atoms with Crippen LogP contribution >= 0.6 is 0 Å². The molecule has 0 heterocycles. The van der Waals surface area contributed by atoms with Crippen LogP contribution in [0.25, 0.3) is 0 Å². The molecule has 3 nitrogen and oxygen atoms in total. The van der Waals surface area contributed by atoms with Gasteiger partial charge >= 0.3 is 0 Å². The van der Waals surface area contributed by atoms with Crippen molar-refractivity contribution in [2.75, 3.05) is 10.6 Å². The number of hydrogen-bond donors (Lipinski definition) is 2. The zero-order valence-electron chi connectivity index (χ0n) is 11.4. The lowest BCUT2D eigenvalue weighted by Crippen LogP contribution is -2.43. The van der Waals surface area contributed by atoms with Crippen LogP contribution in [0.3, 0.4) is 0 Å². The molecule has 3 rings (SSSR count). The number of nitrogens with one attached hydrogen (secondary N) is 2. The molecule has 0 saturated heterocycles. The summed E-state index contributed by atoms with van der Waals surface area (Å²) in [6.07, 6.45) is 7.18. The molecule has 3 atom stereocenters. The number of hydrogen-bond acceptors (Lipinski definition) is 2. The molecule has 0 radical (unpaired) electrons. The van der Waals surface area contributed by atoms with Crippen LogP contribution in [0.5, 0.6) is 0 Å². The fourth-order valence-corrected chi connectivity index (χ4v) is 3.18. The highest BCUT2D eigenvalue weighted by atomic mass is 16.1. The Morgan fingerprint density at radius 2 is 2.21 bits per heavy atom. The summed E-state index contributed by atoms with van der Waals surface area (Å²) in [4.78, 5) is 11.1. The Morgan fingerprint density at radius 3 is 2.89 bits per heavy atom. The highest BCUT2D eigenvalue weighted by Crippen LogP contribution is 2.44. The average Bonchev–Trinajstić information content (AvgIpc) is 2.70. The van der Waals surface area contributed by atoms with Crippen molar-refractivity contribution in [2.45, 2.75) is 32.7 Å². The Labute approximate surface area is 114 Å². The van der Waals surface area contributed by atoms with Crippen LogP contribution in [0.1, 0.15) is 25.3 Å². The summed E-state index contributed by atoms with van der Waals surface area (Å²) in [5.74, 6) is 1.56. The topological polar surface area (TPSA) is 41.1 Å². The minimum atomic E-state index is -0.0262. The van der Waals surface area contributed by atoms with Crippen molar-refractivity contribution < 1.29 is 4.79 Å². The smallest absolute Gasteiger partial charge is 0.221 e. The highest BCUT2D eigenvalue weighted by Gasteiger charge is 2.40. The summed E-state index contributed by atoms with van der Waals surface area (Å²) >= 11 is 0. The maximum atomic E-state index is 11.1. The van der Waals surface area contributed by atoms with Crippen molar-refractivity contribution >= 4 is 17.3 Å². The molecular weight excluding hydrogens is 236 g/mol. The normalized spacial score (nSPS) is 27.6. The van der Waals surface area contributed by atoms with Gasteiger partial charge in [0.2, 0.25) is 5.91 Å². The van der Waals surface area contributed by atoms with Crippen molar-refractivity contribution in [3.8, 4) is 0 Å². The van der Waals surface area contributed by atoms with Crippen molar-refractivity contribution in [2.24, 2.45) is 11.8 Å². The molecule has 3 heteroatoms. The van der Waals surface area contributed by atoms with Gasteiger partial charge in [0.1, 0.15) is 0 Å². The number of fused-ring (bicyclic) bond motifs is 1. The van der Waals surface area contributed by atoms with Gasteiger partial charge in [-0.25, -0.2) is 0 Å². The molecule has 1 aromatic rings. The van der Waals surface area contributed by atoms with Gasteiger partial charge in [-0.15, -0.1) is 0 Å². The summed E-state index contributed by atoms with van der Waals surface area (Å²) in [5, 5.41) is 6.45. The fourth-order valence-electron chi connectivity index (χ4n) is 3.18. The Bertz CT molecular complexity index is 536. The van der Waals surface area contributed by atoms with Gasteiger partial charge in [0, 0.05) is 30.3 Å². The second-order valence-corrected chi connectivity index (χ2v) is 5.70. The van der Waals surface area contributed by atoms with Crippen LogP contribution in [0, 0.1) is 18.8 Å². The summed E-state index contributed by atoms with van der Waals surface area (Å²) in [7, 11) is 0. The second-order valence-electron chi connectivity index (χ2n) is 5.70. The van der Waals surface area contributed by atoms with Crippen LogP contribution in [-0.2, 0) is 4.79 Å². The first-order valence-electron chi connectivity index (χ1n) is 6.95. The monoisotopic (exact) mass is 256 g/mol. The number of carbonyl (C=O) groups is 1. The van der Waals surface area contributed by atoms with Gasteiger partial charge in [0.05, 0.1) is 0 Å². The van der Waals surface area contributed by atoms with E-state index in [9.17, 15) is 4.79 Å². The van der Waals surface area contributed by atoms with E-state index in [0.717, 1.165) is 28.8 Å². The van der Waals surface area contributed by atoms with Gasteiger partial charge in [-0.1, -0.05) is 12.2 Å². The molecule has 2 N–H and O–H groups in total. The Kier molecular flexibility index (Phi) is 3.05. The number of rotatable bonds is 3. The molecule has 2 aliphatic carbocycles. The standard InChI is InChI=1S/C16H20N2O/c1-10-8-13(6-7-15(10)17-11(2)19)18-16-9-12-4-3-5-14(12)16/h3,5-8,12,14,16,18H,4,9H2,1-2H3,(H,17,19). The first kappa shape index (κ1) is 12.3.